The van der Waals surface area contributed by atoms with Crippen molar-refractivity contribution in [3.8, 4) is 5.75 Å². The molecule has 3 N–H and O–H groups in total. The molecule has 3 heterocycles. The van der Waals surface area contributed by atoms with E-state index in [1.807, 2.05) is 12.1 Å². The maximum absolute atomic E-state index is 11.9. The molecule has 1 aromatic heterocycles. The SMILES string of the molecule is COc1cc2c(cc1S(N)(=O)=O)CCN1Cc3[nH]c4ccccc4c3C=C21. The molecular formula is C20H19N3O3S. The van der Waals surface area contributed by atoms with E-state index in [9.17, 15) is 8.42 Å². The summed E-state index contributed by atoms with van der Waals surface area (Å²) < 4.78 is 29.2. The molecule has 138 valence electrons. The molecule has 0 saturated heterocycles. The average Bonchev–Trinajstić information content (AvgIpc) is 3.02. The Morgan fingerprint density at radius 1 is 1.22 bits per heavy atom. The minimum atomic E-state index is -3.84. The normalized spacial score (nSPS) is 15.8. The Bertz CT molecular complexity index is 1220. The highest BCUT2D eigenvalue weighted by molar-refractivity contribution is 7.89. The minimum absolute atomic E-state index is 0.0430. The van der Waals surface area contributed by atoms with Crippen molar-refractivity contribution in [2.75, 3.05) is 13.7 Å². The summed E-state index contributed by atoms with van der Waals surface area (Å²) in [4.78, 5) is 5.88. The summed E-state index contributed by atoms with van der Waals surface area (Å²) in [5.74, 6) is 0.281. The van der Waals surface area contributed by atoms with Crippen LogP contribution in [0, 0.1) is 0 Å². The third-order valence-electron chi connectivity index (χ3n) is 5.42. The van der Waals surface area contributed by atoms with Crippen molar-refractivity contribution < 1.29 is 13.2 Å². The highest BCUT2D eigenvalue weighted by Gasteiger charge is 2.29. The number of para-hydroxylation sites is 1. The number of aromatic amines is 1. The van der Waals surface area contributed by atoms with E-state index >= 15 is 0 Å². The average molecular weight is 381 g/mol. The first-order valence-corrected chi connectivity index (χ1v) is 10.3. The number of methoxy groups -OCH3 is 1. The van der Waals surface area contributed by atoms with Gasteiger partial charge in [0.15, 0.2) is 0 Å². The highest BCUT2D eigenvalue weighted by Crippen LogP contribution is 2.41. The van der Waals surface area contributed by atoms with Gasteiger partial charge in [-0.05, 0) is 36.3 Å². The standard InChI is InChI=1S/C20H19N3O3S/c1-26-19-10-14-12(8-20(19)27(21,24)25)6-7-23-11-17-15(9-18(14)23)13-4-2-3-5-16(13)22-17/h2-5,8-10,22H,6-7,11H2,1H3,(H2,21,24,25). The van der Waals surface area contributed by atoms with Crippen LogP contribution in [0.1, 0.15) is 22.4 Å². The van der Waals surface area contributed by atoms with Crippen molar-refractivity contribution in [3.05, 3.63) is 58.8 Å². The molecule has 0 atom stereocenters. The Labute approximate surface area is 157 Å². The molecule has 0 bridgehead atoms. The number of hydrogen-bond acceptors (Lipinski definition) is 4. The molecular weight excluding hydrogens is 362 g/mol. The Morgan fingerprint density at radius 2 is 2.04 bits per heavy atom. The van der Waals surface area contributed by atoms with Gasteiger partial charge < -0.3 is 14.6 Å². The molecule has 7 heteroatoms. The molecule has 2 aliphatic rings. The zero-order valence-corrected chi connectivity index (χ0v) is 15.6. The van der Waals surface area contributed by atoms with Crippen molar-refractivity contribution in [2.24, 2.45) is 5.14 Å². The molecule has 3 aromatic rings. The third-order valence-corrected chi connectivity index (χ3v) is 6.35. The lowest BCUT2D eigenvalue weighted by Gasteiger charge is -2.36. The van der Waals surface area contributed by atoms with Gasteiger partial charge in [0.25, 0.3) is 0 Å². The molecule has 2 aliphatic heterocycles. The number of ether oxygens (including phenoxy) is 1. The first-order valence-electron chi connectivity index (χ1n) is 8.76. The lowest BCUT2D eigenvalue weighted by Crippen LogP contribution is -2.31. The summed E-state index contributed by atoms with van der Waals surface area (Å²) in [6, 6.07) is 11.7. The van der Waals surface area contributed by atoms with Crippen LogP contribution in [-0.4, -0.2) is 32.0 Å². The van der Waals surface area contributed by atoms with E-state index in [0.717, 1.165) is 41.9 Å². The first-order chi connectivity index (χ1) is 13.0. The zero-order chi connectivity index (χ0) is 18.8. The number of nitrogens with one attached hydrogen (secondary N) is 1. The van der Waals surface area contributed by atoms with Crippen LogP contribution in [0.3, 0.4) is 0 Å². The fourth-order valence-electron chi connectivity index (χ4n) is 4.15. The number of aromatic nitrogens is 1. The van der Waals surface area contributed by atoms with E-state index in [4.69, 9.17) is 9.88 Å². The van der Waals surface area contributed by atoms with Gasteiger partial charge in [-0.25, -0.2) is 13.6 Å². The van der Waals surface area contributed by atoms with Gasteiger partial charge in [0.2, 0.25) is 10.0 Å². The minimum Gasteiger partial charge on any atom is -0.495 e. The van der Waals surface area contributed by atoms with Crippen molar-refractivity contribution in [3.63, 3.8) is 0 Å². The van der Waals surface area contributed by atoms with Gasteiger partial charge in [0.1, 0.15) is 10.6 Å². The number of hydrogen-bond donors (Lipinski definition) is 2. The van der Waals surface area contributed by atoms with Crippen molar-refractivity contribution >= 4 is 32.7 Å². The number of fused-ring (bicyclic) bond motifs is 6. The lowest BCUT2D eigenvalue weighted by molar-refractivity contribution is 0.374. The van der Waals surface area contributed by atoms with E-state index in [0.29, 0.717) is 0 Å². The van der Waals surface area contributed by atoms with Gasteiger partial charge in [0, 0.05) is 40.0 Å². The van der Waals surface area contributed by atoms with Crippen LogP contribution in [0.4, 0.5) is 0 Å². The van der Waals surface area contributed by atoms with Gasteiger partial charge in [-0.1, -0.05) is 18.2 Å². The summed E-state index contributed by atoms with van der Waals surface area (Å²) in [5.41, 5.74) is 6.59. The van der Waals surface area contributed by atoms with Crippen LogP contribution in [0.25, 0.3) is 22.7 Å². The third kappa shape index (κ3) is 2.46. The summed E-state index contributed by atoms with van der Waals surface area (Å²) in [5, 5.41) is 6.57. The maximum atomic E-state index is 11.9. The van der Waals surface area contributed by atoms with Gasteiger partial charge in [0.05, 0.1) is 13.7 Å². The van der Waals surface area contributed by atoms with E-state index in [2.05, 4.69) is 28.1 Å². The van der Waals surface area contributed by atoms with E-state index in [1.54, 1.807) is 12.1 Å². The van der Waals surface area contributed by atoms with Crippen LogP contribution in [0.15, 0.2) is 41.3 Å². The van der Waals surface area contributed by atoms with E-state index in [1.165, 1.54) is 23.8 Å². The number of nitrogens with two attached hydrogens (primary N) is 1. The van der Waals surface area contributed by atoms with Crippen LogP contribution in [0.5, 0.6) is 5.75 Å². The molecule has 0 unspecified atom stereocenters. The largest absolute Gasteiger partial charge is 0.495 e. The summed E-state index contributed by atoms with van der Waals surface area (Å²) >= 11 is 0. The van der Waals surface area contributed by atoms with Gasteiger partial charge in [-0.3, -0.25) is 0 Å². The quantitative estimate of drug-likeness (QED) is 0.714. The highest BCUT2D eigenvalue weighted by atomic mass is 32.2. The molecule has 0 aliphatic carbocycles. The van der Waals surface area contributed by atoms with Crippen LogP contribution in [0.2, 0.25) is 0 Å². The monoisotopic (exact) mass is 381 g/mol. The topological polar surface area (TPSA) is 88.4 Å². The van der Waals surface area contributed by atoms with Crippen molar-refractivity contribution in [1.29, 1.82) is 0 Å². The molecule has 0 radical (unpaired) electrons. The van der Waals surface area contributed by atoms with Crippen molar-refractivity contribution in [2.45, 2.75) is 17.9 Å². The summed E-state index contributed by atoms with van der Waals surface area (Å²) in [6.07, 6.45) is 2.94. The van der Waals surface area contributed by atoms with Gasteiger partial charge in [-0.15, -0.1) is 0 Å². The second kappa shape index (κ2) is 5.61. The fourth-order valence-corrected chi connectivity index (χ4v) is 4.87. The number of primary sulfonamides is 1. The predicted molar refractivity (Wildman–Crippen MR) is 105 cm³/mol. The molecule has 0 fully saturated rings. The molecule has 0 amide bonds. The van der Waals surface area contributed by atoms with E-state index in [-0.39, 0.29) is 10.6 Å². The Kier molecular flexibility index (Phi) is 3.41. The van der Waals surface area contributed by atoms with Gasteiger partial charge in [-0.2, -0.15) is 0 Å². The smallest absolute Gasteiger partial charge is 0.241 e. The summed E-state index contributed by atoms with van der Waals surface area (Å²) in [6.45, 7) is 1.62. The first kappa shape index (κ1) is 16.4. The molecule has 2 aromatic carbocycles. The van der Waals surface area contributed by atoms with Crippen LogP contribution >= 0.6 is 0 Å². The molecule has 0 spiro atoms. The van der Waals surface area contributed by atoms with Gasteiger partial charge >= 0.3 is 0 Å². The number of benzene rings is 2. The Balaban J connectivity index is 1.73. The van der Waals surface area contributed by atoms with E-state index < -0.39 is 10.0 Å². The molecule has 5 rings (SSSR count). The lowest BCUT2D eigenvalue weighted by atomic mass is 9.92. The maximum Gasteiger partial charge on any atom is 0.241 e. The zero-order valence-electron chi connectivity index (χ0n) is 14.8. The Hall–Kier alpha value is -2.77. The molecule has 6 nitrogen and oxygen atoms in total. The number of nitrogens with zero attached hydrogens (tertiary/aromatic N) is 1. The van der Waals surface area contributed by atoms with Crippen LogP contribution in [-0.2, 0) is 23.0 Å². The fraction of sp³-hybridized carbons (Fsp3) is 0.200. The second-order valence-electron chi connectivity index (χ2n) is 6.97. The Morgan fingerprint density at radius 3 is 2.81 bits per heavy atom. The number of sulfonamides is 1. The predicted octanol–water partition coefficient (Wildman–Crippen LogP) is 2.69. The van der Waals surface area contributed by atoms with Crippen LogP contribution < -0.4 is 9.88 Å². The molecule has 0 saturated carbocycles. The number of rotatable bonds is 2. The second-order valence-corrected chi connectivity index (χ2v) is 8.50. The van der Waals surface area contributed by atoms with Crippen molar-refractivity contribution in [1.82, 2.24) is 9.88 Å². The summed E-state index contributed by atoms with van der Waals surface area (Å²) in [7, 11) is -2.38. The number of H-pyrrole nitrogens is 1. The molecule has 27 heavy (non-hydrogen) atoms.